The first-order valence-electron chi connectivity index (χ1n) is 8.63. The standard InChI is InChI=1S/C17H23F3N4O/c18-17(19,20)13-24-6-2-4-15(16(24)25)23-9-7-22(8-10-23)12-14-3-1-5-21-11-14/h1,3,5,11,15H,2,4,6-10,12-13H2/t15-/m0/s1. The Labute approximate surface area is 145 Å². The van der Waals surface area contributed by atoms with Crippen molar-refractivity contribution in [3.05, 3.63) is 30.1 Å². The molecule has 0 aliphatic carbocycles. The molecule has 2 aliphatic heterocycles. The number of rotatable bonds is 4. The van der Waals surface area contributed by atoms with Crippen LogP contribution in [0.2, 0.25) is 0 Å². The molecule has 1 aromatic rings. The zero-order valence-corrected chi connectivity index (χ0v) is 14.1. The Balaban J connectivity index is 1.52. The topological polar surface area (TPSA) is 39.7 Å². The first-order valence-corrected chi connectivity index (χ1v) is 8.63. The van der Waals surface area contributed by atoms with Gasteiger partial charge in [0.15, 0.2) is 0 Å². The molecule has 0 aromatic carbocycles. The summed E-state index contributed by atoms with van der Waals surface area (Å²) in [6.07, 6.45) is 0.521. The number of carbonyl (C=O) groups is 1. The van der Waals surface area contributed by atoms with Crippen molar-refractivity contribution >= 4 is 5.91 Å². The van der Waals surface area contributed by atoms with E-state index >= 15 is 0 Å². The van der Waals surface area contributed by atoms with Crippen LogP contribution in [0, 0.1) is 0 Å². The largest absolute Gasteiger partial charge is 0.406 e. The van der Waals surface area contributed by atoms with Gasteiger partial charge in [-0.15, -0.1) is 0 Å². The average molecular weight is 356 g/mol. The van der Waals surface area contributed by atoms with E-state index in [1.54, 1.807) is 6.20 Å². The van der Waals surface area contributed by atoms with E-state index in [1.165, 1.54) is 0 Å². The highest BCUT2D eigenvalue weighted by Crippen LogP contribution is 2.23. The Hall–Kier alpha value is -1.67. The Morgan fingerprint density at radius 1 is 1.16 bits per heavy atom. The first-order chi connectivity index (χ1) is 11.9. The van der Waals surface area contributed by atoms with Crippen LogP contribution in [0.25, 0.3) is 0 Å². The number of piperazine rings is 1. The molecule has 25 heavy (non-hydrogen) atoms. The van der Waals surface area contributed by atoms with E-state index in [2.05, 4.69) is 9.88 Å². The smallest absolute Gasteiger partial charge is 0.332 e. The van der Waals surface area contributed by atoms with Gasteiger partial charge in [-0.1, -0.05) is 6.07 Å². The summed E-state index contributed by atoms with van der Waals surface area (Å²) in [5.41, 5.74) is 1.14. The second-order valence-corrected chi connectivity index (χ2v) is 6.71. The van der Waals surface area contributed by atoms with Crippen molar-refractivity contribution < 1.29 is 18.0 Å². The molecule has 0 N–H and O–H groups in total. The lowest BCUT2D eigenvalue weighted by Gasteiger charge is -2.42. The number of aromatic nitrogens is 1. The fraction of sp³-hybridized carbons (Fsp3) is 0.647. The summed E-state index contributed by atoms with van der Waals surface area (Å²) in [5.74, 6) is -0.371. The number of amides is 1. The lowest BCUT2D eigenvalue weighted by Crippen LogP contribution is -2.58. The summed E-state index contributed by atoms with van der Waals surface area (Å²) in [4.78, 5) is 21.8. The van der Waals surface area contributed by atoms with Gasteiger partial charge in [0.1, 0.15) is 6.54 Å². The SMILES string of the molecule is O=C1[C@@H](N2CCN(Cc3cccnc3)CC2)CCCN1CC(F)(F)F. The Morgan fingerprint density at radius 3 is 2.56 bits per heavy atom. The van der Waals surface area contributed by atoms with Gasteiger partial charge in [-0.3, -0.25) is 19.6 Å². The van der Waals surface area contributed by atoms with Crippen molar-refractivity contribution in [2.45, 2.75) is 31.6 Å². The molecule has 2 saturated heterocycles. The number of piperidine rings is 1. The molecule has 3 rings (SSSR count). The third-order valence-electron chi connectivity index (χ3n) is 4.85. The zero-order chi connectivity index (χ0) is 17.9. The normalized spacial score (nSPS) is 23.9. The van der Waals surface area contributed by atoms with E-state index in [0.717, 1.165) is 30.1 Å². The van der Waals surface area contributed by atoms with Gasteiger partial charge in [0.2, 0.25) is 5.91 Å². The maximum absolute atomic E-state index is 12.6. The van der Waals surface area contributed by atoms with E-state index in [0.29, 0.717) is 25.9 Å². The molecule has 2 fully saturated rings. The van der Waals surface area contributed by atoms with Crippen LogP contribution in [0.4, 0.5) is 13.2 Å². The van der Waals surface area contributed by atoms with Crippen molar-refractivity contribution in [2.75, 3.05) is 39.3 Å². The summed E-state index contributed by atoms with van der Waals surface area (Å²) in [6, 6.07) is 3.53. The summed E-state index contributed by atoms with van der Waals surface area (Å²) >= 11 is 0. The number of halogens is 3. The monoisotopic (exact) mass is 356 g/mol. The predicted octanol–water partition coefficient (Wildman–Crippen LogP) is 1.75. The molecule has 138 valence electrons. The number of hydrogen-bond donors (Lipinski definition) is 0. The fourth-order valence-corrected chi connectivity index (χ4v) is 3.62. The minimum absolute atomic E-state index is 0.204. The van der Waals surface area contributed by atoms with E-state index in [1.807, 2.05) is 23.2 Å². The second kappa shape index (κ2) is 7.70. The van der Waals surface area contributed by atoms with Crippen molar-refractivity contribution in [3.8, 4) is 0 Å². The molecule has 1 aromatic heterocycles. The van der Waals surface area contributed by atoms with Gasteiger partial charge in [-0.25, -0.2) is 0 Å². The number of hydrogen-bond acceptors (Lipinski definition) is 4. The molecule has 0 unspecified atom stereocenters. The summed E-state index contributed by atoms with van der Waals surface area (Å²) in [5, 5.41) is 0. The van der Waals surface area contributed by atoms with Gasteiger partial charge in [-0.2, -0.15) is 13.2 Å². The lowest BCUT2D eigenvalue weighted by atomic mass is 10.0. The summed E-state index contributed by atoms with van der Waals surface area (Å²) in [6.45, 7) is 2.89. The van der Waals surface area contributed by atoms with Crippen LogP contribution in [-0.4, -0.2) is 77.1 Å². The molecule has 0 bridgehead atoms. The molecule has 5 nitrogen and oxygen atoms in total. The molecule has 1 amide bonds. The number of alkyl halides is 3. The van der Waals surface area contributed by atoms with Crippen molar-refractivity contribution in [2.24, 2.45) is 0 Å². The minimum Gasteiger partial charge on any atom is -0.332 e. The van der Waals surface area contributed by atoms with Gasteiger partial charge in [-0.05, 0) is 24.5 Å². The van der Waals surface area contributed by atoms with Crippen molar-refractivity contribution in [3.63, 3.8) is 0 Å². The number of likely N-dealkylation sites (tertiary alicyclic amines) is 1. The van der Waals surface area contributed by atoms with Gasteiger partial charge < -0.3 is 4.90 Å². The van der Waals surface area contributed by atoms with Crippen LogP contribution in [-0.2, 0) is 11.3 Å². The van der Waals surface area contributed by atoms with Crippen LogP contribution in [0.1, 0.15) is 18.4 Å². The van der Waals surface area contributed by atoms with E-state index in [9.17, 15) is 18.0 Å². The first kappa shape index (κ1) is 18.1. The third kappa shape index (κ3) is 4.92. The van der Waals surface area contributed by atoms with E-state index in [-0.39, 0.29) is 12.5 Å². The van der Waals surface area contributed by atoms with Crippen LogP contribution < -0.4 is 0 Å². The highest BCUT2D eigenvalue weighted by molar-refractivity contribution is 5.82. The lowest BCUT2D eigenvalue weighted by molar-refractivity contribution is -0.168. The van der Waals surface area contributed by atoms with Gasteiger partial charge in [0, 0.05) is 51.7 Å². The Kier molecular flexibility index (Phi) is 5.58. The maximum Gasteiger partial charge on any atom is 0.406 e. The van der Waals surface area contributed by atoms with Gasteiger partial charge in [0.05, 0.1) is 6.04 Å². The van der Waals surface area contributed by atoms with Gasteiger partial charge in [0.25, 0.3) is 0 Å². The quantitative estimate of drug-likeness (QED) is 0.824. The molecule has 0 saturated carbocycles. The summed E-state index contributed by atoms with van der Waals surface area (Å²) in [7, 11) is 0. The molecule has 1 atom stereocenters. The third-order valence-corrected chi connectivity index (χ3v) is 4.85. The van der Waals surface area contributed by atoms with Gasteiger partial charge >= 0.3 is 6.18 Å². The number of nitrogens with zero attached hydrogens (tertiary/aromatic N) is 4. The maximum atomic E-state index is 12.6. The average Bonchev–Trinajstić information content (AvgIpc) is 2.57. The highest BCUT2D eigenvalue weighted by atomic mass is 19.4. The van der Waals surface area contributed by atoms with Crippen LogP contribution >= 0.6 is 0 Å². The molecule has 0 radical (unpaired) electrons. The predicted molar refractivity (Wildman–Crippen MR) is 86.7 cm³/mol. The molecule has 0 spiro atoms. The van der Waals surface area contributed by atoms with Crippen LogP contribution in [0.15, 0.2) is 24.5 Å². The molecular weight excluding hydrogens is 333 g/mol. The molecular formula is C17H23F3N4O. The molecule has 3 heterocycles. The van der Waals surface area contributed by atoms with E-state index < -0.39 is 18.8 Å². The van der Waals surface area contributed by atoms with Crippen LogP contribution in [0.5, 0.6) is 0 Å². The Morgan fingerprint density at radius 2 is 1.92 bits per heavy atom. The molecule has 2 aliphatic rings. The number of pyridine rings is 1. The fourth-order valence-electron chi connectivity index (χ4n) is 3.62. The van der Waals surface area contributed by atoms with Crippen molar-refractivity contribution in [1.82, 2.24) is 19.7 Å². The van der Waals surface area contributed by atoms with Crippen molar-refractivity contribution in [1.29, 1.82) is 0 Å². The second-order valence-electron chi connectivity index (χ2n) is 6.71. The summed E-state index contributed by atoms with van der Waals surface area (Å²) < 4.78 is 37.9. The van der Waals surface area contributed by atoms with Crippen LogP contribution in [0.3, 0.4) is 0 Å². The minimum atomic E-state index is -4.33. The highest BCUT2D eigenvalue weighted by Gasteiger charge is 2.39. The van der Waals surface area contributed by atoms with E-state index in [4.69, 9.17) is 0 Å². The zero-order valence-electron chi connectivity index (χ0n) is 14.1. The number of carbonyl (C=O) groups excluding carboxylic acids is 1. The molecule has 8 heteroatoms. The Bertz CT molecular complexity index is 573.